The van der Waals surface area contributed by atoms with Crippen molar-refractivity contribution in [2.24, 2.45) is 5.92 Å². The molecule has 0 amide bonds. The second kappa shape index (κ2) is 7.65. The number of rotatable bonds is 7. The lowest BCUT2D eigenvalue weighted by Gasteiger charge is -2.42. The van der Waals surface area contributed by atoms with Gasteiger partial charge in [-0.1, -0.05) is 42.0 Å². The smallest absolute Gasteiger partial charge is 0.203 e. The zero-order valence-electron chi connectivity index (χ0n) is 17.0. The van der Waals surface area contributed by atoms with Crippen molar-refractivity contribution >= 4 is 5.78 Å². The summed E-state index contributed by atoms with van der Waals surface area (Å²) < 4.78 is 11.5. The van der Waals surface area contributed by atoms with Crippen LogP contribution in [0.15, 0.2) is 60.8 Å². The number of carbonyl (C=O) groups is 1. The van der Waals surface area contributed by atoms with Crippen molar-refractivity contribution in [1.29, 1.82) is 0 Å². The van der Waals surface area contributed by atoms with E-state index in [4.69, 9.17) is 9.47 Å². The average Bonchev–Trinajstić information content (AvgIpc) is 3.59. The van der Waals surface area contributed by atoms with Crippen LogP contribution in [0.4, 0.5) is 0 Å². The lowest BCUT2D eigenvalue weighted by Crippen LogP contribution is -2.47. The fourth-order valence-electron chi connectivity index (χ4n) is 3.83. The fraction of sp³-hybridized carbons (Fsp3) is 0.320. The molecule has 1 saturated carbocycles. The summed E-state index contributed by atoms with van der Waals surface area (Å²) in [6.07, 6.45) is 3.53. The number of aryl methyl sites for hydroxylation is 1. The van der Waals surface area contributed by atoms with Gasteiger partial charge in [0.2, 0.25) is 5.78 Å². The molecule has 152 valence electrons. The molecule has 5 rings (SSSR count). The summed E-state index contributed by atoms with van der Waals surface area (Å²) >= 11 is 0. The van der Waals surface area contributed by atoms with Gasteiger partial charge in [-0.2, -0.15) is 0 Å². The van der Waals surface area contributed by atoms with E-state index in [2.05, 4.69) is 53.3 Å². The molecule has 1 aliphatic heterocycles. The van der Waals surface area contributed by atoms with E-state index in [0.29, 0.717) is 31.3 Å². The molecule has 0 spiro atoms. The van der Waals surface area contributed by atoms with E-state index in [0.717, 1.165) is 18.6 Å². The Balaban J connectivity index is 1.28. The Morgan fingerprint density at radius 1 is 1.03 bits per heavy atom. The first-order valence-corrected chi connectivity index (χ1v) is 10.4. The van der Waals surface area contributed by atoms with Crippen LogP contribution in [0.2, 0.25) is 0 Å². The second-order valence-electron chi connectivity index (χ2n) is 8.26. The minimum atomic E-state index is -0.0864. The molecular formula is C25H24N2O3. The maximum Gasteiger partial charge on any atom is 0.203 e. The highest BCUT2D eigenvalue weighted by atomic mass is 16.5. The Hall–Kier alpha value is -3.05. The number of nitrogens with zero attached hydrogens (tertiary/aromatic N) is 2. The molecule has 0 unspecified atom stereocenters. The first-order valence-electron chi connectivity index (χ1n) is 10.4. The van der Waals surface area contributed by atoms with Crippen LogP contribution in [0, 0.1) is 12.8 Å². The van der Waals surface area contributed by atoms with Crippen molar-refractivity contribution in [2.45, 2.75) is 31.8 Å². The van der Waals surface area contributed by atoms with Gasteiger partial charge in [0.15, 0.2) is 5.82 Å². The largest absolute Gasteiger partial charge is 0.487 e. The predicted molar refractivity (Wildman–Crippen MR) is 113 cm³/mol. The van der Waals surface area contributed by atoms with Crippen molar-refractivity contribution < 1.29 is 14.3 Å². The molecule has 0 bridgehead atoms. The van der Waals surface area contributed by atoms with Crippen LogP contribution in [-0.2, 0) is 16.8 Å². The highest BCUT2D eigenvalue weighted by Crippen LogP contribution is 2.39. The van der Waals surface area contributed by atoms with Crippen LogP contribution in [0.3, 0.4) is 0 Å². The standard InChI is InChI=1S/C25H24N2O3/c1-17-2-6-19(7-3-17)25(15-29-16-25)20-8-10-22(11-9-20)30-14-21-12-13-26-24(27-21)23(28)18-4-5-18/h2-3,6-13,18H,4-5,14-16H2,1H3. The summed E-state index contributed by atoms with van der Waals surface area (Å²) in [6, 6.07) is 18.7. The number of carbonyl (C=O) groups excluding carboxylic acids is 1. The molecule has 2 heterocycles. The van der Waals surface area contributed by atoms with E-state index in [1.807, 2.05) is 12.1 Å². The van der Waals surface area contributed by atoms with Crippen molar-refractivity contribution in [3.63, 3.8) is 0 Å². The monoisotopic (exact) mass is 400 g/mol. The van der Waals surface area contributed by atoms with Gasteiger partial charge in [-0.25, -0.2) is 9.97 Å². The molecule has 0 atom stereocenters. The van der Waals surface area contributed by atoms with E-state index < -0.39 is 0 Å². The number of aromatic nitrogens is 2. The quantitative estimate of drug-likeness (QED) is 0.554. The lowest BCUT2D eigenvalue weighted by molar-refractivity contribution is -0.0380. The number of Topliss-reactive ketones (excluding diaryl/α,β-unsaturated/α-hetero) is 1. The Bertz CT molecular complexity index is 1050. The minimum absolute atomic E-state index is 0.0466. The Labute approximate surface area is 176 Å². The molecule has 0 radical (unpaired) electrons. The third-order valence-corrected chi connectivity index (χ3v) is 5.98. The van der Waals surface area contributed by atoms with Crippen LogP contribution in [0.1, 0.15) is 45.8 Å². The molecular weight excluding hydrogens is 376 g/mol. The van der Waals surface area contributed by atoms with Gasteiger partial charge < -0.3 is 9.47 Å². The Morgan fingerprint density at radius 3 is 2.30 bits per heavy atom. The van der Waals surface area contributed by atoms with Gasteiger partial charge in [-0.15, -0.1) is 0 Å². The zero-order valence-corrected chi connectivity index (χ0v) is 17.0. The van der Waals surface area contributed by atoms with Gasteiger partial charge in [0.25, 0.3) is 0 Å². The van der Waals surface area contributed by atoms with Crippen LogP contribution >= 0.6 is 0 Å². The minimum Gasteiger partial charge on any atom is -0.487 e. The summed E-state index contributed by atoms with van der Waals surface area (Å²) in [7, 11) is 0. The van der Waals surface area contributed by atoms with Gasteiger partial charge in [0.05, 0.1) is 24.3 Å². The van der Waals surface area contributed by atoms with Gasteiger partial charge in [0.1, 0.15) is 12.4 Å². The number of benzene rings is 2. The summed E-state index contributed by atoms with van der Waals surface area (Å²) in [5, 5.41) is 0. The summed E-state index contributed by atoms with van der Waals surface area (Å²) in [4.78, 5) is 20.6. The first kappa shape index (κ1) is 18.9. The number of hydrogen-bond donors (Lipinski definition) is 0. The Morgan fingerprint density at radius 2 is 1.70 bits per heavy atom. The van der Waals surface area contributed by atoms with E-state index in [1.54, 1.807) is 12.3 Å². The predicted octanol–water partition coefficient (Wildman–Crippen LogP) is 4.27. The molecule has 3 aromatic rings. The average molecular weight is 400 g/mol. The van der Waals surface area contributed by atoms with Crippen LogP contribution in [0.5, 0.6) is 5.75 Å². The van der Waals surface area contributed by atoms with E-state index in [9.17, 15) is 4.79 Å². The van der Waals surface area contributed by atoms with Gasteiger partial charge in [-0.05, 0) is 49.1 Å². The van der Waals surface area contributed by atoms with Crippen molar-refractivity contribution in [2.75, 3.05) is 13.2 Å². The fourth-order valence-corrected chi connectivity index (χ4v) is 3.83. The van der Waals surface area contributed by atoms with Crippen molar-refractivity contribution in [3.05, 3.63) is 89.0 Å². The maximum atomic E-state index is 12.2. The highest BCUT2D eigenvalue weighted by molar-refractivity contribution is 5.95. The second-order valence-corrected chi connectivity index (χ2v) is 8.26. The summed E-state index contributed by atoms with van der Waals surface area (Å²) in [5.74, 6) is 1.24. The highest BCUT2D eigenvalue weighted by Gasteiger charge is 2.42. The summed E-state index contributed by atoms with van der Waals surface area (Å²) in [6.45, 7) is 3.78. The van der Waals surface area contributed by atoms with Gasteiger partial charge in [0, 0.05) is 12.1 Å². The Kier molecular flexibility index (Phi) is 4.83. The number of hydrogen-bond acceptors (Lipinski definition) is 5. The first-order chi connectivity index (χ1) is 14.6. The molecule has 30 heavy (non-hydrogen) atoms. The summed E-state index contributed by atoms with van der Waals surface area (Å²) in [5.41, 5.74) is 4.38. The lowest BCUT2D eigenvalue weighted by atomic mass is 9.73. The third-order valence-electron chi connectivity index (χ3n) is 5.98. The van der Waals surface area contributed by atoms with Crippen molar-refractivity contribution in [3.8, 4) is 5.75 Å². The molecule has 2 aromatic carbocycles. The molecule has 0 N–H and O–H groups in total. The number of ketones is 1. The van der Waals surface area contributed by atoms with E-state index in [1.165, 1.54) is 16.7 Å². The van der Waals surface area contributed by atoms with Crippen LogP contribution in [0.25, 0.3) is 0 Å². The van der Waals surface area contributed by atoms with Crippen LogP contribution < -0.4 is 4.74 Å². The van der Waals surface area contributed by atoms with E-state index >= 15 is 0 Å². The molecule has 2 fully saturated rings. The van der Waals surface area contributed by atoms with Gasteiger partial charge in [-0.3, -0.25) is 4.79 Å². The molecule has 2 aliphatic rings. The van der Waals surface area contributed by atoms with E-state index in [-0.39, 0.29) is 17.1 Å². The number of ether oxygens (including phenoxy) is 2. The van der Waals surface area contributed by atoms with Crippen molar-refractivity contribution in [1.82, 2.24) is 9.97 Å². The SMILES string of the molecule is Cc1ccc(C2(c3ccc(OCc4ccnc(C(=O)C5CC5)n4)cc3)COC2)cc1. The van der Waals surface area contributed by atoms with Crippen LogP contribution in [-0.4, -0.2) is 29.0 Å². The topological polar surface area (TPSA) is 61.3 Å². The normalized spacial score (nSPS) is 17.2. The molecule has 1 aromatic heterocycles. The molecule has 5 heteroatoms. The van der Waals surface area contributed by atoms with Gasteiger partial charge >= 0.3 is 0 Å². The molecule has 1 saturated heterocycles. The third kappa shape index (κ3) is 3.61. The molecule has 1 aliphatic carbocycles. The molecule has 5 nitrogen and oxygen atoms in total. The maximum absolute atomic E-state index is 12.2. The zero-order chi connectivity index (χ0) is 20.6.